The first-order valence-electron chi connectivity index (χ1n) is 11.8. The Kier molecular flexibility index (Phi) is 7.87. The predicted octanol–water partition coefficient (Wildman–Crippen LogP) is 7.54. The van der Waals surface area contributed by atoms with E-state index < -0.39 is 22.8 Å². The standard InChI is InChI=1S/C30H40O4/c1-17-13-19(3)23(20(4)14-17)25(33-27(31)29(7,8)9)26(34-28(32)30(10,11)12)24-21(5)15-18(2)16-22(24)6/h13-16H,1-12H3. The number of benzene rings is 2. The number of rotatable bonds is 4. The Bertz CT molecular complexity index is 1010. The number of hydrogen-bond donors (Lipinski definition) is 0. The minimum absolute atomic E-state index is 0.280. The summed E-state index contributed by atoms with van der Waals surface area (Å²) in [4.78, 5) is 26.4. The van der Waals surface area contributed by atoms with Crippen LogP contribution in [0.1, 0.15) is 86.1 Å². The van der Waals surface area contributed by atoms with E-state index >= 15 is 0 Å². The maximum atomic E-state index is 13.2. The molecule has 0 saturated heterocycles. The number of esters is 2. The fourth-order valence-corrected chi connectivity index (χ4v) is 3.99. The lowest BCUT2D eigenvalue weighted by molar-refractivity contribution is -0.147. The van der Waals surface area contributed by atoms with Crippen LogP contribution in [0.5, 0.6) is 0 Å². The molecule has 0 unspecified atom stereocenters. The molecule has 0 atom stereocenters. The topological polar surface area (TPSA) is 52.6 Å². The van der Waals surface area contributed by atoms with Gasteiger partial charge in [-0.2, -0.15) is 0 Å². The molecule has 0 aliphatic carbocycles. The highest BCUT2D eigenvalue weighted by atomic mass is 16.6. The van der Waals surface area contributed by atoms with E-state index in [0.29, 0.717) is 0 Å². The monoisotopic (exact) mass is 464 g/mol. The number of hydrogen-bond acceptors (Lipinski definition) is 4. The molecule has 4 heteroatoms. The van der Waals surface area contributed by atoms with Gasteiger partial charge in [0, 0.05) is 11.1 Å². The number of carbonyl (C=O) groups is 2. The summed E-state index contributed by atoms with van der Waals surface area (Å²) in [6.07, 6.45) is 0. The van der Waals surface area contributed by atoms with Gasteiger partial charge in [-0.25, -0.2) is 0 Å². The molecule has 0 spiro atoms. The Hall–Kier alpha value is -2.88. The van der Waals surface area contributed by atoms with Crippen LogP contribution >= 0.6 is 0 Å². The van der Waals surface area contributed by atoms with Crippen LogP contribution in [-0.4, -0.2) is 11.9 Å². The van der Waals surface area contributed by atoms with Crippen LogP contribution < -0.4 is 0 Å². The quantitative estimate of drug-likeness (QED) is 0.266. The van der Waals surface area contributed by atoms with Crippen LogP contribution in [0.3, 0.4) is 0 Å². The molecule has 0 aromatic heterocycles. The molecule has 184 valence electrons. The maximum absolute atomic E-state index is 13.2. The summed E-state index contributed by atoms with van der Waals surface area (Å²) in [6, 6.07) is 8.19. The lowest BCUT2D eigenvalue weighted by atomic mass is 9.92. The second kappa shape index (κ2) is 9.77. The molecule has 0 radical (unpaired) electrons. The molecular formula is C30H40O4. The molecule has 0 fully saturated rings. The fourth-order valence-electron chi connectivity index (χ4n) is 3.99. The molecule has 2 aromatic rings. The molecule has 0 aliphatic heterocycles. The molecule has 34 heavy (non-hydrogen) atoms. The second-order valence-electron chi connectivity index (χ2n) is 11.5. The first-order chi connectivity index (χ1) is 15.4. The first-order valence-corrected chi connectivity index (χ1v) is 11.8. The molecule has 2 aromatic carbocycles. The molecule has 0 aliphatic rings. The Balaban J connectivity index is 3.04. The predicted molar refractivity (Wildman–Crippen MR) is 139 cm³/mol. The van der Waals surface area contributed by atoms with Crippen molar-refractivity contribution in [3.05, 3.63) is 68.8 Å². The Morgan fingerprint density at radius 2 is 0.765 bits per heavy atom. The first kappa shape index (κ1) is 27.4. The zero-order valence-corrected chi connectivity index (χ0v) is 22.9. The summed E-state index contributed by atoms with van der Waals surface area (Å²) in [7, 11) is 0. The molecule has 0 amide bonds. The third-order valence-electron chi connectivity index (χ3n) is 5.63. The highest BCUT2D eigenvalue weighted by molar-refractivity contribution is 5.97. The van der Waals surface area contributed by atoms with Crippen molar-refractivity contribution in [1.29, 1.82) is 0 Å². The molecule has 2 rings (SSSR count). The SMILES string of the molecule is Cc1cc(C)c(C(OC(=O)C(C)(C)C)=C(OC(=O)C(C)(C)C)c2c(C)cc(C)cc2C)c(C)c1. The molecule has 0 N–H and O–H groups in total. The molecule has 0 bridgehead atoms. The van der Waals surface area contributed by atoms with Crippen molar-refractivity contribution >= 4 is 23.5 Å². The van der Waals surface area contributed by atoms with Crippen molar-refractivity contribution in [2.75, 3.05) is 0 Å². The van der Waals surface area contributed by atoms with E-state index in [9.17, 15) is 9.59 Å². The highest BCUT2D eigenvalue weighted by Crippen LogP contribution is 2.38. The van der Waals surface area contributed by atoms with Crippen LogP contribution in [0, 0.1) is 52.4 Å². The minimum atomic E-state index is -0.742. The third-order valence-corrected chi connectivity index (χ3v) is 5.63. The van der Waals surface area contributed by atoms with Gasteiger partial charge in [0.2, 0.25) is 0 Å². The van der Waals surface area contributed by atoms with E-state index in [1.807, 2.05) is 107 Å². The number of carbonyl (C=O) groups excluding carboxylic acids is 2. The van der Waals surface area contributed by atoms with Gasteiger partial charge in [0.15, 0.2) is 11.5 Å². The van der Waals surface area contributed by atoms with E-state index in [1.165, 1.54) is 0 Å². The van der Waals surface area contributed by atoms with Gasteiger partial charge < -0.3 is 9.47 Å². The fraction of sp³-hybridized carbons (Fsp3) is 0.467. The lowest BCUT2D eigenvalue weighted by Gasteiger charge is -2.26. The second-order valence-corrected chi connectivity index (χ2v) is 11.5. The van der Waals surface area contributed by atoms with Gasteiger partial charge in [-0.3, -0.25) is 9.59 Å². The lowest BCUT2D eigenvalue weighted by Crippen LogP contribution is -2.26. The van der Waals surface area contributed by atoms with E-state index in [0.717, 1.165) is 44.5 Å². The summed E-state index contributed by atoms with van der Waals surface area (Å²) in [6.45, 7) is 22.9. The van der Waals surface area contributed by atoms with Gasteiger partial charge in [-0.1, -0.05) is 35.4 Å². The van der Waals surface area contributed by atoms with Gasteiger partial charge >= 0.3 is 11.9 Å². The van der Waals surface area contributed by atoms with E-state index in [-0.39, 0.29) is 11.5 Å². The van der Waals surface area contributed by atoms with E-state index in [1.54, 1.807) is 0 Å². The van der Waals surface area contributed by atoms with Crippen molar-refractivity contribution in [2.24, 2.45) is 10.8 Å². The van der Waals surface area contributed by atoms with Crippen molar-refractivity contribution in [2.45, 2.75) is 83.1 Å². The van der Waals surface area contributed by atoms with Gasteiger partial charge in [-0.15, -0.1) is 0 Å². The molecular weight excluding hydrogens is 424 g/mol. The van der Waals surface area contributed by atoms with Gasteiger partial charge in [0.25, 0.3) is 0 Å². The normalized spacial score (nSPS) is 12.8. The summed E-state index contributed by atoms with van der Waals surface area (Å²) < 4.78 is 12.3. The van der Waals surface area contributed by atoms with Crippen LogP contribution in [0.4, 0.5) is 0 Å². The number of ether oxygens (including phenoxy) is 2. The van der Waals surface area contributed by atoms with Gasteiger partial charge in [0.05, 0.1) is 10.8 Å². The maximum Gasteiger partial charge on any atom is 0.316 e. The Morgan fingerprint density at radius 1 is 0.529 bits per heavy atom. The average Bonchev–Trinajstić information content (AvgIpc) is 2.63. The van der Waals surface area contributed by atoms with Crippen LogP contribution in [0.25, 0.3) is 11.5 Å². The Morgan fingerprint density at radius 3 is 0.971 bits per heavy atom. The van der Waals surface area contributed by atoms with Crippen molar-refractivity contribution in [3.63, 3.8) is 0 Å². The van der Waals surface area contributed by atoms with Crippen LogP contribution in [-0.2, 0) is 19.1 Å². The Labute approximate surface area is 205 Å². The van der Waals surface area contributed by atoms with Gasteiger partial charge in [-0.05, 0) is 105 Å². The van der Waals surface area contributed by atoms with Crippen LogP contribution in [0.2, 0.25) is 0 Å². The average molecular weight is 465 g/mol. The summed E-state index contributed by atoms with van der Waals surface area (Å²) >= 11 is 0. The number of aryl methyl sites for hydroxylation is 6. The minimum Gasteiger partial charge on any atom is -0.421 e. The van der Waals surface area contributed by atoms with Crippen LogP contribution in [0.15, 0.2) is 24.3 Å². The summed E-state index contributed by atoms with van der Waals surface area (Å²) in [5.74, 6) is -0.229. The van der Waals surface area contributed by atoms with Crippen molar-refractivity contribution in [3.8, 4) is 0 Å². The molecule has 4 nitrogen and oxygen atoms in total. The smallest absolute Gasteiger partial charge is 0.316 e. The largest absolute Gasteiger partial charge is 0.421 e. The zero-order chi connectivity index (χ0) is 26.2. The van der Waals surface area contributed by atoms with Gasteiger partial charge in [0.1, 0.15) is 0 Å². The summed E-state index contributed by atoms with van der Waals surface area (Å²) in [5, 5.41) is 0. The van der Waals surface area contributed by atoms with Crippen molar-refractivity contribution < 1.29 is 19.1 Å². The molecule has 0 saturated carbocycles. The van der Waals surface area contributed by atoms with Crippen molar-refractivity contribution in [1.82, 2.24) is 0 Å². The summed E-state index contributed by atoms with van der Waals surface area (Å²) in [5.41, 5.74) is 6.04. The third kappa shape index (κ3) is 6.16. The van der Waals surface area contributed by atoms with E-state index in [2.05, 4.69) is 0 Å². The molecule has 0 heterocycles. The zero-order valence-electron chi connectivity index (χ0n) is 22.9. The highest BCUT2D eigenvalue weighted by Gasteiger charge is 2.33. The van der Waals surface area contributed by atoms with E-state index in [4.69, 9.17) is 9.47 Å².